The summed E-state index contributed by atoms with van der Waals surface area (Å²) in [5.74, 6) is 1.89. The lowest BCUT2D eigenvalue weighted by atomic mass is 9.89. The molecule has 2 aliphatic rings. The van der Waals surface area contributed by atoms with E-state index < -0.39 is 0 Å². The highest BCUT2D eigenvalue weighted by atomic mass is 16.5. The minimum absolute atomic E-state index is 0.239. The van der Waals surface area contributed by atoms with Gasteiger partial charge in [0.15, 0.2) is 0 Å². The molecule has 0 saturated heterocycles. The fraction of sp³-hybridized carbons (Fsp3) is 0.706. The Morgan fingerprint density at radius 2 is 2.09 bits per heavy atom. The molecular weight excluding hydrogens is 278 g/mol. The Labute approximate surface area is 131 Å². The molecule has 2 aliphatic carbocycles. The summed E-state index contributed by atoms with van der Waals surface area (Å²) < 4.78 is 4.85. The van der Waals surface area contributed by atoms with Crippen molar-refractivity contribution in [1.29, 1.82) is 0 Å². The molecule has 1 aromatic rings. The Hall–Kier alpha value is -1.65. The number of rotatable bonds is 3. The number of hydrogen-bond acceptors (Lipinski definition) is 5. The average molecular weight is 303 g/mol. The van der Waals surface area contributed by atoms with Gasteiger partial charge in [0.1, 0.15) is 5.56 Å². The Morgan fingerprint density at radius 3 is 2.64 bits per heavy atom. The number of nitrogens with zero attached hydrogens (tertiary/aromatic N) is 2. The molecule has 0 aromatic carbocycles. The standard InChI is InChI=1S/C17H25N3O2/c1-17(2,3)14-12(15(21)22-4)9-18-16(20-14)19-13-8-10-5-6-11(13)7-10/h9-11,13H,5-8H2,1-4H3,(H,18,19,20)/t10-,11+,13+/m0/s1. The van der Waals surface area contributed by atoms with E-state index in [9.17, 15) is 4.79 Å². The second kappa shape index (κ2) is 5.52. The molecule has 3 atom stereocenters. The molecule has 1 N–H and O–H groups in total. The molecule has 2 fully saturated rings. The maximum Gasteiger partial charge on any atom is 0.341 e. The van der Waals surface area contributed by atoms with Crippen LogP contribution >= 0.6 is 0 Å². The van der Waals surface area contributed by atoms with Gasteiger partial charge in [0.2, 0.25) is 5.95 Å². The van der Waals surface area contributed by atoms with E-state index >= 15 is 0 Å². The highest BCUT2D eigenvalue weighted by Crippen LogP contribution is 2.45. The fourth-order valence-corrected chi connectivity index (χ4v) is 3.87. The third-order valence-corrected chi connectivity index (χ3v) is 4.96. The topological polar surface area (TPSA) is 64.1 Å². The summed E-state index contributed by atoms with van der Waals surface area (Å²) in [4.78, 5) is 20.9. The van der Waals surface area contributed by atoms with Crippen molar-refractivity contribution in [2.45, 2.75) is 57.9 Å². The van der Waals surface area contributed by atoms with Gasteiger partial charge in [-0.2, -0.15) is 0 Å². The number of anilines is 1. The normalized spacial score (nSPS) is 27.0. The first-order valence-electron chi connectivity index (χ1n) is 8.11. The van der Waals surface area contributed by atoms with Gasteiger partial charge in [-0.15, -0.1) is 0 Å². The molecule has 1 aromatic heterocycles. The summed E-state index contributed by atoms with van der Waals surface area (Å²) in [6.07, 6.45) is 6.84. The van der Waals surface area contributed by atoms with Crippen LogP contribution in [0.25, 0.3) is 0 Å². The van der Waals surface area contributed by atoms with E-state index in [2.05, 4.69) is 15.3 Å². The van der Waals surface area contributed by atoms with Crippen molar-refractivity contribution < 1.29 is 9.53 Å². The fourth-order valence-electron chi connectivity index (χ4n) is 3.87. The van der Waals surface area contributed by atoms with Crippen LogP contribution in [0.3, 0.4) is 0 Å². The van der Waals surface area contributed by atoms with E-state index in [1.807, 2.05) is 20.8 Å². The average Bonchev–Trinajstić information content (AvgIpc) is 3.08. The van der Waals surface area contributed by atoms with Gasteiger partial charge in [-0.3, -0.25) is 0 Å². The molecule has 0 aliphatic heterocycles. The number of hydrogen-bond donors (Lipinski definition) is 1. The molecule has 0 unspecified atom stereocenters. The number of nitrogens with one attached hydrogen (secondary N) is 1. The van der Waals surface area contributed by atoms with E-state index in [1.54, 1.807) is 6.20 Å². The Bertz CT molecular complexity index is 580. The molecule has 2 bridgehead atoms. The SMILES string of the molecule is COC(=O)c1cnc(N[C@@H]2C[C@H]3CC[C@@H]2C3)nc1C(C)(C)C. The summed E-state index contributed by atoms with van der Waals surface area (Å²) >= 11 is 0. The largest absolute Gasteiger partial charge is 0.465 e. The Kier molecular flexibility index (Phi) is 3.83. The molecule has 120 valence electrons. The van der Waals surface area contributed by atoms with Gasteiger partial charge in [0, 0.05) is 17.7 Å². The lowest BCUT2D eigenvalue weighted by molar-refractivity contribution is 0.0596. The second-order valence-corrected chi connectivity index (χ2v) is 7.62. The number of carbonyl (C=O) groups excluding carboxylic acids is 1. The minimum atomic E-state index is -0.378. The zero-order valence-electron chi connectivity index (χ0n) is 13.8. The van der Waals surface area contributed by atoms with Crippen molar-refractivity contribution in [3.8, 4) is 0 Å². The summed E-state index contributed by atoms with van der Waals surface area (Å²) in [5.41, 5.74) is 0.950. The Morgan fingerprint density at radius 1 is 1.32 bits per heavy atom. The molecule has 0 spiro atoms. The number of fused-ring (bicyclic) bond motifs is 2. The number of carbonyl (C=O) groups is 1. The maximum absolute atomic E-state index is 11.9. The monoisotopic (exact) mass is 303 g/mol. The first kappa shape index (κ1) is 15.3. The predicted octanol–water partition coefficient (Wildman–Crippen LogP) is 3.16. The van der Waals surface area contributed by atoms with E-state index in [1.165, 1.54) is 32.8 Å². The number of methoxy groups -OCH3 is 1. The first-order chi connectivity index (χ1) is 10.4. The van der Waals surface area contributed by atoms with Crippen LogP contribution in [0.4, 0.5) is 5.95 Å². The quantitative estimate of drug-likeness (QED) is 0.869. The van der Waals surface area contributed by atoms with Gasteiger partial charge in [-0.1, -0.05) is 27.2 Å². The third-order valence-electron chi connectivity index (χ3n) is 4.96. The van der Waals surface area contributed by atoms with Crippen molar-refractivity contribution in [2.75, 3.05) is 12.4 Å². The van der Waals surface area contributed by atoms with Gasteiger partial charge in [-0.05, 0) is 31.1 Å². The number of ether oxygens (including phenoxy) is 1. The predicted molar refractivity (Wildman–Crippen MR) is 84.9 cm³/mol. The molecule has 0 amide bonds. The van der Waals surface area contributed by atoms with Crippen LogP contribution < -0.4 is 5.32 Å². The third kappa shape index (κ3) is 2.81. The van der Waals surface area contributed by atoms with Gasteiger partial charge in [-0.25, -0.2) is 14.8 Å². The van der Waals surface area contributed by atoms with Gasteiger partial charge < -0.3 is 10.1 Å². The number of aromatic nitrogens is 2. The van der Waals surface area contributed by atoms with Crippen LogP contribution in [0.1, 0.15) is 62.5 Å². The van der Waals surface area contributed by atoms with E-state index in [0.29, 0.717) is 17.6 Å². The summed E-state index contributed by atoms with van der Waals surface area (Å²) in [6.45, 7) is 6.13. The molecule has 2 saturated carbocycles. The lowest BCUT2D eigenvalue weighted by Crippen LogP contribution is -2.28. The van der Waals surface area contributed by atoms with Crippen LogP contribution in [-0.4, -0.2) is 29.1 Å². The minimum Gasteiger partial charge on any atom is -0.465 e. The zero-order valence-corrected chi connectivity index (χ0v) is 13.8. The van der Waals surface area contributed by atoms with E-state index in [-0.39, 0.29) is 11.4 Å². The molecule has 1 heterocycles. The van der Waals surface area contributed by atoms with Gasteiger partial charge in [0.25, 0.3) is 0 Å². The molecule has 5 heteroatoms. The van der Waals surface area contributed by atoms with Crippen LogP contribution in [0, 0.1) is 11.8 Å². The van der Waals surface area contributed by atoms with Crippen molar-refractivity contribution >= 4 is 11.9 Å². The number of esters is 1. The highest BCUT2D eigenvalue weighted by molar-refractivity contribution is 5.90. The van der Waals surface area contributed by atoms with Crippen LogP contribution in [0.2, 0.25) is 0 Å². The smallest absolute Gasteiger partial charge is 0.341 e. The van der Waals surface area contributed by atoms with Crippen molar-refractivity contribution in [2.24, 2.45) is 11.8 Å². The first-order valence-corrected chi connectivity index (χ1v) is 8.11. The lowest BCUT2D eigenvalue weighted by Gasteiger charge is -2.25. The summed E-state index contributed by atoms with van der Waals surface area (Å²) in [5, 5.41) is 3.49. The zero-order chi connectivity index (χ0) is 15.9. The molecule has 22 heavy (non-hydrogen) atoms. The van der Waals surface area contributed by atoms with Crippen LogP contribution in [0.5, 0.6) is 0 Å². The van der Waals surface area contributed by atoms with Crippen molar-refractivity contribution in [3.63, 3.8) is 0 Å². The summed E-state index contributed by atoms with van der Waals surface area (Å²) in [7, 11) is 1.39. The van der Waals surface area contributed by atoms with E-state index in [0.717, 1.165) is 17.5 Å². The highest BCUT2D eigenvalue weighted by Gasteiger charge is 2.40. The molecular formula is C17H25N3O2. The van der Waals surface area contributed by atoms with Gasteiger partial charge in [0.05, 0.1) is 12.8 Å². The van der Waals surface area contributed by atoms with Gasteiger partial charge >= 0.3 is 5.97 Å². The maximum atomic E-state index is 11.9. The second-order valence-electron chi connectivity index (χ2n) is 7.62. The Balaban J connectivity index is 1.85. The van der Waals surface area contributed by atoms with Crippen LogP contribution in [-0.2, 0) is 10.2 Å². The summed E-state index contributed by atoms with van der Waals surface area (Å²) in [6, 6.07) is 0.482. The molecule has 5 nitrogen and oxygen atoms in total. The van der Waals surface area contributed by atoms with Crippen molar-refractivity contribution in [1.82, 2.24) is 9.97 Å². The van der Waals surface area contributed by atoms with Crippen LogP contribution in [0.15, 0.2) is 6.20 Å². The van der Waals surface area contributed by atoms with Crippen molar-refractivity contribution in [3.05, 3.63) is 17.5 Å². The molecule has 3 rings (SSSR count). The molecule has 0 radical (unpaired) electrons. The van der Waals surface area contributed by atoms with E-state index in [4.69, 9.17) is 4.74 Å².